The molecule has 3 aromatic rings. The number of fused-ring (bicyclic) bond motifs is 2. The van der Waals surface area contributed by atoms with Crippen LogP contribution in [-0.2, 0) is 11.3 Å². The van der Waals surface area contributed by atoms with Gasteiger partial charge in [0.15, 0.2) is 16.3 Å². The second-order valence-electron chi connectivity index (χ2n) is 6.24. The molecule has 0 fully saturated rings. The molecule has 0 radical (unpaired) electrons. The summed E-state index contributed by atoms with van der Waals surface area (Å²) < 4.78 is 19.2. The van der Waals surface area contributed by atoms with Crippen molar-refractivity contribution in [3.8, 4) is 17.2 Å². The van der Waals surface area contributed by atoms with Gasteiger partial charge in [-0.3, -0.25) is 4.79 Å². The predicted octanol–water partition coefficient (Wildman–Crippen LogP) is 4.16. The van der Waals surface area contributed by atoms with E-state index in [4.69, 9.17) is 14.2 Å². The minimum absolute atomic E-state index is 0.219. The van der Waals surface area contributed by atoms with Crippen LogP contribution in [0.2, 0.25) is 0 Å². The third-order valence-corrected chi connectivity index (χ3v) is 5.34. The molecule has 7 heteroatoms. The van der Waals surface area contributed by atoms with Crippen LogP contribution in [0, 0.1) is 0 Å². The number of thiazole rings is 1. The van der Waals surface area contributed by atoms with Crippen LogP contribution < -0.4 is 19.0 Å². The molecular formula is C22H20N2O4S. The first-order valence-electron chi connectivity index (χ1n) is 9.21. The molecular weight excluding hydrogens is 388 g/mol. The fraction of sp³-hybridized carbons (Fsp3) is 0.182. The SMILES string of the molecule is C=CCn1c(=NC(=O)C=Cc2ccc3c(c2)OCO3)sc2cc(OCC)ccc21. The molecule has 2 heterocycles. The third-order valence-electron chi connectivity index (χ3n) is 4.30. The van der Waals surface area contributed by atoms with E-state index >= 15 is 0 Å². The van der Waals surface area contributed by atoms with E-state index in [1.807, 2.05) is 47.9 Å². The van der Waals surface area contributed by atoms with E-state index in [1.54, 1.807) is 12.2 Å². The van der Waals surface area contributed by atoms with E-state index < -0.39 is 0 Å². The molecule has 4 rings (SSSR count). The molecule has 1 aromatic heterocycles. The number of nitrogens with zero attached hydrogens (tertiary/aromatic N) is 2. The van der Waals surface area contributed by atoms with E-state index in [-0.39, 0.29) is 12.7 Å². The molecule has 1 aliphatic rings. The van der Waals surface area contributed by atoms with Crippen LogP contribution in [0.25, 0.3) is 16.3 Å². The van der Waals surface area contributed by atoms with E-state index in [1.165, 1.54) is 17.4 Å². The number of hydrogen-bond acceptors (Lipinski definition) is 5. The molecule has 0 spiro atoms. The summed E-state index contributed by atoms with van der Waals surface area (Å²) in [7, 11) is 0. The summed E-state index contributed by atoms with van der Waals surface area (Å²) >= 11 is 1.45. The Morgan fingerprint density at radius 1 is 1.28 bits per heavy atom. The van der Waals surface area contributed by atoms with Crippen molar-refractivity contribution in [1.82, 2.24) is 4.57 Å². The minimum Gasteiger partial charge on any atom is -0.494 e. The lowest BCUT2D eigenvalue weighted by atomic mass is 10.2. The molecule has 1 aliphatic heterocycles. The van der Waals surface area contributed by atoms with Crippen molar-refractivity contribution in [1.29, 1.82) is 0 Å². The molecule has 0 bridgehead atoms. The second kappa shape index (κ2) is 8.36. The van der Waals surface area contributed by atoms with Gasteiger partial charge in [0, 0.05) is 12.6 Å². The molecule has 6 nitrogen and oxygen atoms in total. The number of carbonyl (C=O) groups is 1. The van der Waals surface area contributed by atoms with Crippen molar-refractivity contribution < 1.29 is 19.0 Å². The number of amides is 1. The maximum atomic E-state index is 12.5. The van der Waals surface area contributed by atoms with Crippen molar-refractivity contribution in [2.45, 2.75) is 13.5 Å². The molecule has 1 amide bonds. The van der Waals surface area contributed by atoms with Gasteiger partial charge in [-0.15, -0.1) is 6.58 Å². The monoisotopic (exact) mass is 408 g/mol. The zero-order valence-corrected chi connectivity index (χ0v) is 16.8. The zero-order chi connectivity index (χ0) is 20.2. The van der Waals surface area contributed by atoms with Gasteiger partial charge in [-0.1, -0.05) is 23.5 Å². The van der Waals surface area contributed by atoms with Crippen LogP contribution in [-0.4, -0.2) is 23.9 Å². The Morgan fingerprint density at radius 2 is 2.14 bits per heavy atom. The standard InChI is InChI=1S/C22H20N2O4S/c1-3-11-24-17-8-7-16(26-4-2)13-20(17)29-22(24)23-21(25)10-6-15-5-9-18-19(12-15)28-14-27-18/h3,5-10,12-13H,1,4,11,14H2,2H3. The number of hydrogen-bond donors (Lipinski definition) is 0. The summed E-state index contributed by atoms with van der Waals surface area (Å²) in [5.41, 5.74) is 1.83. The zero-order valence-electron chi connectivity index (χ0n) is 16.0. The van der Waals surface area contributed by atoms with Gasteiger partial charge < -0.3 is 18.8 Å². The van der Waals surface area contributed by atoms with Gasteiger partial charge in [-0.25, -0.2) is 0 Å². The van der Waals surface area contributed by atoms with Gasteiger partial charge in [0.25, 0.3) is 5.91 Å². The second-order valence-corrected chi connectivity index (χ2v) is 7.25. The lowest BCUT2D eigenvalue weighted by molar-refractivity contribution is -0.113. The Balaban J connectivity index is 1.64. The molecule has 29 heavy (non-hydrogen) atoms. The van der Waals surface area contributed by atoms with Crippen LogP contribution in [0.4, 0.5) is 0 Å². The predicted molar refractivity (Wildman–Crippen MR) is 113 cm³/mol. The molecule has 0 unspecified atom stereocenters. The number of carbonyl (C=O) groups excluding carboxylic acids is 1. The van der Waals surface area contributed by atoms with Crippen molar-refractivity contribution in [2.24, 2.45) is 4.99 Å². The minimum atomic E-state index is -0.336. The van der Waals surface area contributed by atoms with Gasteiger partial charge in [0.05, 0.1) is 16.8 Å². The summed E-state index contributed by atoms with van der Waals surface area (Å²) in [5, 5.41) is 0. The number of allylic oxidation sites excluding steroid dienone is 1. The van der Waals surface area contributed by atoms with Crippen molar-refractivity contribution in [2.75, 3.05) is 13.4 Å². The van der Waals surface area contributed by atoms with Crippen LogP contribution in [0.15, 0.2) is 60.1 Å². The summed E-state index contributed by atoms with van der Waals surface area (Å²) in [4.78, 5) is 17.4. The first-order chi connectivity index (χ1) is 14.2. The number of ether oxygens (including phenoxy) is 3. The number of benzene rings is 2. The van der Waals surface area contributed by atoms with Gasteiger partial charge >= 0.3 is 0 Å². The van der Waals surface area contributed by atoms with E-state index in [9.17, 15) is 4.79 Å². The summed E-state index contributed by atoms with van der Waals surface area (Å²) in [6, 6.07) is 11.4. The summed E-state index contributed by atoms with van der Waals surface area (Å²) in [6.07, 6.45) is 4.95. The smallest absolute Gasteiger partial charge is 0.272 e. The Hall–Kier alpha value is -3.32. The van der Waals surface area contributed by atoms with Crippen molar-refractivity contribution in [3.63, 3.8) is 0 Å². The van der Waals surface area contributed by atoms with Gasteiger partial charge in [0.1, 0.15) is 5.75 Å². The topological polar surface area (TPSA) is 62.1 Å². The van der Waals surface area contributed by atoms with E-state index in [0.717, 1.165) is 21.5 Å². The Morgan fingerprint density at radius 3 is 2.97 bits per heavy atom. The van der Waals surface area contributed by atoms with Crippen LogP contribution in [0.3, 0.4) is 0 Å². The van der Waals surface area contributed by atoms with Crippen molar-refractivity contribution >= 4 is 33.5 Å². The summed E-state index contributed by atoms with van der Waals surface area (Å²) in [6.45, 7) is 7.14. The average molecular weight is 408 g/mol. The summed E-state index contributed by atoms with van der Waals surface area (Å²) in [5.74, 6) is 1.85. The Kier molecular flexibility index (Phi) is 5.48. The first kappa shape index (κ1) is 19.0. The van der Waals surface area contributed by atoms with Crippen LogP contribution in [0.5, 0.6) is 17.2 Å². The normalized spacial score (nSPS) is 13.3. The largest absolute Gasteiger partial charge is 0.494 e. The van der Waals surface area contributed by atoms with E-state index in [2.05, 4.69) is 11.6 Å². The quantitative estimate of drug-likeness (QED) is 0.454. The molecule has 148 valence electrons. The van der Waals surface area contributed by atoms with E-state index in [0.29, 0.717) is 29.5 Å². The number of rotatable bonds is 6. The lowest BCUT2D eigenvalue weighted by Crippen LogP contribution is -2.15. The first-order valence-corrected chi connectivity index (χ1v) is 10.0. The maximum absolute atomic E-state index is 12.5. The van der Waals surface area contributed by atoms with Crippen LogP contribution in [0.1, 0.15) is 12.5 Å². The fourth-order valence-corrected chi connectivity index (χ4v) is 4.09. The maximum Gasteiger partial charge on any atom is 0.272 e. The van der Waals surface area contributed by atoms with Crippen molar-refractivity contribution in [3.05, 3.63) is 65.5 Å². The molecule has 0 saturated heterocycles. The van der Waals surface area contributed by atoms with Crippen LogP contribution >= 0.6 is 11.3 Å². The van der Waals surface area contributed by atoms with Gasteiger partial charge in [-0.05, 0) is 48.9 Å². The van der Waals surface area contributed by atoms with Gasteiger partial charge in [-0.2, -0.15) is 4.99 Å². The number of aromatic nitrogens is 1. The highest BCUT2D eigenvalue weighted by Crippen LogP contribution is 2.32. The highest BCUT2D eigenvalue weighted by Gasteiger charge is 2.12. The molecule has 2 aromatic carbocycles. The van der Waals surface area contributed by atoms with Gasteiger partial charge in [0.2, 0.25) is 6.79 Å². The molecule has 0 saturated carbocycles. The molecule has 0 atom stereocenters. The average Bonchev–Trinajstić information content (AvgIpc) is 3.31. The Bertz CT molecular complexity index is 1170. The third kappa shape index (κ3) is 4.09. The highest BCUT2D eigenvalue weighted by atomic mass is 32.1. The highest BCUT2D eigenvalue weighted by molar-refractivity contribution is 7.16. The molecule has 0 aliphatic carbocycles. The lowest BCUT2D eigenvalue weighted by Gasteiger charge is -2.04. The molecule has 0 N–H and O–H groups in total. The fourth-order valence-electron chi connectivity index (χ4n) is 3.02. The Labute approximate surface area is 172 Å².